The van der Waals surface area contributed by atoms with Gasteiger partial charge in [-0.3, -0.25) is 10.1 Å². The molecule has 0 radical (unpaired) electrons. The van der Waals surface area contributed by atoms with Crippen molar-refractivity contribution in [3.8, 4) is 11.4 Å². The van der Waals surface area contributed by atoms with Crippen LogP contribution in [-0.4, -0.2) is 32.3 Å². The summed E-state index contributed by atoms with van der Waals surface area (Å²) in [6.45, 7) is 3.49. The predicted molar refractivity (Wildman–Crippen MR) is 110 cm³/mol. The summed E-state index contributed by atoms with van der Waals surface area (Å²) in [6.07, 6.45) is 0. The van der Waals surface area contributed by atoms with E-state index in [1.165, 1.54) is 35.0 Å². The highest BCUT2D eigenvalue weighted by Crippen LogP contribution is 2.40. The second kappa shape index (κ2) is 7.98. The molecule has 9 nitrogen and oxygen atoms in total. The molecule has 0 spiro atoms. The lowest BCUT2D eigenvalue weighted by Crippen LogP contribution is -2.30. The number of esters is 1. The van der Waals surface area contributed by atoms with Gasteiger partial charge in [0.15, 0.2) is 5.82 Å². The van der Waals surface area contributed by atoms with Gasteiger partial charge in [0.1, 0.15) is 11.9 Å². The van der Waals surface area contributed by atoms with Gasteiger partial charge in [0.2, 0.25) is 5.95 Å². The zero-order valence-electron chi connectivity index (χ0n) is 16.7. The Bertz CT molecular complexity index is 1200. The summed E-state index contributed by atoms with van der Waals surface area (Å²) in [5.41, 5.74) is 1.31. The largest absolute Gasteiger partial charge is 0.463 e. The molecule has 0 fully saturated rings. The third-order valence-electron chi connectivity index (χ3n) is 4.88. The molecule has 158 valence electrons. The van der Waals surface area contributed by atoms with Crippen LogP contribution in [0.15, 0.2) is 59.8 Å². The van der Waals surface area contributed by atoms with Crippen molar-refractivity contribution in [2.24, 2.45) is 0 Å². The average Bonchev–Trinajstić information content (AvgIpc) is 3.16. The van der Waals surface area contributed by atoms with Gasteiger partial charge in [0.25, 0.3) is 5.69 Å². The monoisotopic (exact) mass is 423 g/mol. The fourth-order valence-electron chi connectivity index (χ4n) is 3.52. The number of halogens is 1. The van der Waals surface area contributed by atoms with Crippen molar-refractivity contribution < 1.29 is 18.8 Å². The number of aromatic nitrogens is 3. The van der Waals surface area contributed by atoms with E-state index in [9.17, 15) is 19.3 Å². The first-order valence-electron chi connectivity index (χ1n) is 9.51. The number of allylic oxidation sites excluding steroid dienone is 1. The van der Waals surface area contributed by atoms with E-state index < -0.39 is 22.8 Å². The Morgan fingerprint density at radius 1 is 1.26 bits per heavy atom. The van der Waals surface area contributed by atoms with Gasteiger partial charge < -0.3 is 10.1 Å². The molecule has 1 atom stereocenters. The molecular formula is C21H18FN5O4. The number of nitrogens with one attached hydrogen (secondary N) is 1. The van der Waals surface area contributed by atoms with E-state index in [1.807, 2.05) is 0 Å². The minimum absolute atomic E-state index is 0.143. The van der Waals surface area contributed by atoms with E-state index in [2.05, 4.69) is 15.4 Å². The number of carbonyl (C=O) groups excluding carboxylic acids is 1. The van der Waals surface area contributed by atoms with E-state index in [4.69, 9.17) is 4.74 Å². The van der Waals surface area contributed by atoms with Crippen LogP contribution in [0.25, 0.3) is 11.4 Å². The lowest BCUT2D eigenvalue weighted by molar-refractivity contribution is -0.385. The Hall–Kier alpha value is -4.08. The lowest BCUT2D eigenvalue weighted by Gasteiger charge is -2.27. The smallest absolute Gasteiger partial charge is 0.338 e. The van der Waals surface area contributed by atoms with Crippen LogP contribution in [0.5, 0.6) is 0 Å². The normalized spacial score (nSPS) is 15.3. The van der Waals surface area contributed by atoms with Crippen LogP contribution in [0, 0.1) is 15.9 Å². The van der Waals surface area contributed by atoms with E-state index >= 15 is 0 Å². The van der Waals surface area contributed by atoms with Crippen molar-refractivity contribution >= 4 is 17.6 Å². The van der Waals surface area contributed by atoms with E-state index in [1.54, 1.807) is 32.0 Å². The number of hydrogen-bond donors (Lipinski definition) is 1. The number of nitrogens with zero attached hydrogens (tertiary/aromatic N) is 4. The summed E-state index contributed by atoms with van der Waals surface area (Å²) in [5, 5.41) is 19.2. The highest BCUT2D eigenvalue weighted by Gasteiger charge is 2.38. The van der Waals surface area contributed by atoms with Crippen molar-refractivity contribution in [1.82, 2.24) is 14.8 Å². The zero-order valence-corrected chi connectivity index (χ0v) is 16.7. The predicted octanol–water partition coefficient (Wildman–Crippen LogP) is 3.84. The van der Waals surface area contributed by atoms with Crippen LogP contribution in [0.4, 0.5) is 16.0 Å². The third kappa shape index (κ3) is 3.63. The van der Waals surface area contributed by atoms with Crippen LogP contribution in [0.3, 0.4) is 0 Å². The van der Waals surface area contributed by atoms with Gasteiger partial charge in [-0.1, -0.05) is 12.1 Å². The zero-order chi connectivity index (χ0) is 22.1. The molecule has 0 saturated carbocycles. The first-order valence-corrected chi connectivity index (χ1v) is 9.51. The van der Waals surface area contributed by atoms with Crippen LogP contribution in [0.1, 0.15) is 25.5 Å². The molecule has 1 aliphatic heterocycles. The number of fused-ring (bicyclic) bond motifs is 1. The highest BCUT2D eigenvalue weighted by molar-refractivity contribution is 5.92. The Morgan fingerprint density at radius 2 is 1.97 bits per heavy atom. The number of nitro groups is 1. The number of rotatable bonds is 5. The summed E-state index contributed by atoms with van der Waals surface area (Å²) in [5.74, 6) is -0.428. The second-order valence-electron chi connectivity index (χ2n) is 6.81. The topological polar surface area (TPSA) is 112 Å². The van der Waals surface area contributed by atoms with Crippen LogP contribution >= 0.6 is 0 Å². The minimum atomic E-state index is -0.932. The van der Waals surface area contributed by atoms with Gasteiger partial charge in [-0.25, -0.2) is 13.9 Å². The number of nitro benzene ring substituents is 1. The Labute approximate surface area is 176 Å². The summed E-state index contributed by atoms with van der Waals surface area (Å²) in [6, 6.07) is 10.9. The third-order valence-corrected chi connectivity index (χ3v) is 4.88. The molecule has 31 heavy (non-hydrogen) atoms. The van der Waals surface area contributed by atoms with Gasteiger partial charge in [-0.15, -0.1) is 5.10 Å². The molecule has 3 aromatic rings. The van der Waals surface area contributed by atoms with Crippen molar-refractivity contribution in [3.05, 3.63) is 81.3 Å². The molecule has 0 aliphatic carbocycles. The maximum Gasteiger partial charge on any atom is 0.338 e. The molecule has 1 unspecified atom stereocenters. The Morgan fingerprint density at radius 3 is 2.65 bits per heavy atom. The molecule has 0 saturated heterocycles. The molecule has 4 rings (SSSR count). The van der Waals surface area contributed by atoms with E-state index in [-0.39, 0.29) is 29.3 Å². The molecule has 1 aromatic heterocycles. The van der Waals surface area contributed by atoms with Gasteiger partial charge in [0, 0.05) is 17.3 Å². The summed E-state index contributed by atoms with van der Waals surface area (Å²) < 4.78 is 19.9. The molecule has 1 N–H and O–H groups in total. The first kappa shape index (κ1) is 20.2. The fourth-order valence-corrected chi connectivity index (χ4v) is 3.52. The molecule has 10 heteroatoms. The molecule has 0 amide bonds. The Balaban J connectivity index is 1.92. The number of benzene rings is 2. The van der Waals surface area contributed by atoms with Crippen LogP contribution in [0.2, 0.25) is 0 Å². The van der Waals surface area contributed by atoms with Gasteiger partial charge >= 0.3 is 5.97 Å². The molecule has 2 heterocycles. The first-order chi connectivity index (χ1) is 14.9. The average molecular weight is 423 g/mol. The summed E-state index contributed by atoms with van der Waals surface area (Å²) >= 11 is 0. The van der Waals surface area contributed by atoms with Crippen molar-refractivity contribution in [2.75, 3.05) is 11.9 Å². The SMILES string of the molecule is CCOC(=O)C1=C(C)Nc2nc(-c3ccc(F)cc3)nn2C1c1ccccc1[N+](=O)[O-]. The van der Waals surface area contributed by atoms with Gasteiger partial charge in [-0.2, -0.15) is 4.98 Å². The molecular weight excluding hydrogens is 405 g/mol. The second-order valence-corrected chi connectivity index (χ2v) is 6.81. The van der Waals surface area contributed by atoms with Crippen LogP contribution in [-0.2, 0) is 9.53 Å². The Kier molecular flexibility index (Phi) is 5.20. The number of ether oxygens (including phenoxy) is 1. The van der Waals surface area contributed by atoms with E-state index in [0.717, 1.165) is 0 Å². The fraction of sp³-hybridized carbons (Fsp3) is 0.190. The summed E-state index contributed by atoms with van der Waals surface area (Å²) in [4.78, 5) is 28.4. The quantitative estimate of drug-likeness (QED) is 0.377. The lowest BCUT2D eigenvalue weighted by atomic mass is 9.94. The van der Waals surface area contributed by atoms with Crippen molar-refractivity contribution in [3.63, 3.8) is 0 Å². The molecule has 0 bridgehead atoms. The molecule has 2 aromatic carbocycles. The van der Waals surface area contributed by atoms with Gasteiger partial charge in [0.05, 0.1) is 22.7 Å². The molecule has 1 aliphatic rings. The van der Waals surface area contributed by atoms with Crippen LogP contribution < -0.4 is 5.32 Å². The number of hydrogen-bond acceptors (Lipinski definition) is 7. The maximum atomic E-state index is 13.3. The van der Waals surface area contributed by atoms with Crippen molar-refractivity contribution in [1.29, 1.82) is 0 Å². The maximum absolute atomic E-state index is 13.3. The van der Waals surface area contributed by atoms with Gasteiger partial charge in [-0.05, 0) is 44.2 Å². The summed E-state index contributed by atoms with van der Waals surface area (Å²) in [7, 11) is 0. The number of anilines is 1. The highest BCUT2D eigenvalue weighted by atomic mass is 19.1. The number of carbonyl (C=O) groups is 1. The number of para-hydroxylation sites is 1. The standard InChI is InChI=1S/C21H18FN5O4/c1-3-31-20(28)17-12(2)23-21-24-19(13-8-10-14(22)11-9-13)25-26(21)18(17)15-6-4-5-7-16(15)27(29)30/h4-11,18H,3H2,1-2H3,(H,23,24,25). The van der Waals surface area contributed by atoms with E-state index in [0.29, 0.717) is 17.2 Å². The van der Waals surface area contributed by atoms with Crippen molar-refractivity contribution in [2.45, 2.75) is 19.9 Å². The minimum Gasteiger partial charge on any atom is -0.463 e.